The zero-order chi connectivity index (χ0) is 12.7. The quantitative estimate of drug-likeness (QED) is 0.664. The number of halogens is 1. The summed E-state index contributed by atoms with van der Waals surface area (Å²) < 4.78 is 1.03. The summed E-state index contributed by atoms with van der Waals surface area (Å²) in [5.74, 6) is 0. The second kappa shape index (κ2) is 4.15. The fourth-order valence-corrected chi connectivity index (χ4v) is 2.87. The molecular formula is C13H10ClN3S. The number of fused-ring (bicyclic) bond motifs is 1. The fraction of sp³-hybridized carbons (Fsp3) is 0. The van der Waals surface area contributed by atoms with Gasteiger partial charge in [-0.3, -0.25) is 0 Å². The van der Waals surface area contributed by atoms with Gasteiger partial charge in [-0.1, -0.05) is 11.6 Å². The van der Waals surface area contributed by atoms with Gasteiger partial charge in [0, 0.05) is 11.3 Å². The van der Waals surface area contributed by atoms with Gasteiger partial charge in [-0.25, -0.2) is 4.98 Å². The van der Waals surface area contributed by atoms with Crippen molar-refractivity contribution >= 4 is 44.5 Å². The van der Waals surface area contributed by atoms with E-state index in [9.17, 15) is 0 Å². The monoisotopic (exact) mass is 275 g/mol. The summed E-state index contributed by atoms with van der Waals surface area (Å²) in [6.07, 6.45) is 0. The first-order valence-corrected chi connectivity index (χ1v) is 6.54. The lowest BCUT2D eigenvalue weighted by atomic mass is 10.2. The van der Waals surface area contributed by atoms with E-state index in [0.29, 0.717) is 10.7 Å². The van der Waals surface area contributed by atoms with Gasteiger partial charge in [-0.2, -0.15) is 0 Å². The Labute approximate surface area is 113 Å². The van der Waals surface area contributed by atoms with E-state index >= 15 is 0 Å². The molecule has 0 aliphatic carbocycles. The van der Waals surface area contributed by atoms with Crippen LogP contribution in [0.2, 0.25) is 5.02 Å². The van der Waals surface area contributed by atoms with Crippen molar-refractivity contribution in [1.29, 1.82) is 0 Å². The Hall–Kier alpha value is -1.78. The Bertz CT molecular complexity index is 680. The Morgan fingerprint density at radius 3 is 2.50 bits per heavy atom. The largest absolute Gasteiger partial charge is 0.399 e. The summed E-state index contributed by atoms with van der Waals surface area (Å²) in [5.41, 5.74) is 14.7. The number of aromatic nitrogens is 1. The van der Waals surface area contributed by atoms with Crippen LogP contribution in [0, 0.1) is 0 Å². The number of hydrogen-bond donors (Lipinski definition) is 2. The van der Waals surface area contributed by atoms with E-state index in [1.165, 1.54) is 0 Å². The molecule has 0 unspecified atom stereocenters. The average molecular weight is 276 g/mol. The van der Waals surface area contributed by atoms with Gasteiger partial charge in [0.25, 0.3) is 0 Å². The van der Waals surface area contributed by atoms with E-state index in [1.54, 1.807) is 17.4 Å². The molecule has 0 fully saturated rings. The van der Waals surface area contributed by atoms with Crippen molar-refractivity contribution in [2.75, 3.05) is 11.5 Å². The smallest absolute Gasteiger partial charge is 0.124 e. The second-order valence-corrected chi connectivity index (χ2v) is 5.42. The molecule has 0 aliphatic heterocycles. The van der Waals surface area contributed by atoms with Gasteiger partial charge < -0.3 is 11.5 Å². The van der Waals surface area contributed by atoms with Crippen LogP contribution < -0.4 is 11.5 Å². The number of nitrogens with two attached hydrogens (primary N) is 2. The number of nitrogens with zero attached hydrogens (tertiary/aromatic N) is 1. The molecule has 3 aromatic rings. The van der Waals surface area contributed by atoms with E-state index in [-0.39, 0.29) is 0 Å². The number of nitrogen functional groups attached to an aromatic ring is 2. The Balaban J connectivity index is 2.16. The first-order valence-electron chi connectivity index (χ1n) is 5.35. The molecule has 0 spiro atoms. The second-order valence-electron chi connectivity index (χ2n) is 3.98. The highest BCUT2D eigenvalue weighted by molar-refractivity contribution is 7.21. The van der Waals surface area contributed by atoms with Gasteiger partial charge in [0.2, 0.25) is 0 Å². The molecule has 0 amide bonds. The Kier molecular flexibility index (Phi) is 2.61. The summed E-state index contributed by atoms with van der Waals surface area (Å²) in [4.78, 5) is 4.55. The maximum absolute atomic E-state index is 5.99. The summed E-state index contributed by atoms with van der Waals surface area (Å²) in [5, 5.41) is 1.48. The summed E-state index contributed by atoms with van der Waals surface area (Å²) in [6.45, 7) is 0. The van der Waals surface area contributed by atoms with Gasteiger partial charge in [-0.15, -0.1) is 11.3 Å². The van der Waals surface area contributed by atoms with Gasteiger partial charge >= 0.3 is 0 Å². The molecule has 1 aromatic heterocycles. The topological polar surface area (TPSA) is 64.9 Å². The molecule has 18 heavy (non-hydrogen) atoms. The van der Waals surface area contributed by atoms with Crippen LogP contribution in [0.1, 0.15) is 0 Å². The van der Waals surface area contributed by atoms with Crippen LogP contribution in [-0.2, 0) is 0 Å². The molecule has 0 atom stereocenters. The first kappa shape index (κ1) is 11.3. The van der Waals surface area contributed by atoms with E-state index in [1.807, 2.05) is 30.3 Å². The highest BCUT2D eigenvalue weighted by Crippen LogP contribution is 2.34. The average Bonchev–Trinajstić information content (AvgIpc) is 2.73. The number of benzene rings is 2. The summed E-state index contributed by atoms with van der Waals surface area (Å²) >= 11 is 7.58. The SMILES string of the molecule is Nc1ccc(-c2nc3cc(Cl)c(N)cc3s2)cc1. The minimum absolute atomic E-state index is 0.539. The standard InChI is InChI=1S/C13H10ClN3S/c14-9-5-11-12(6-10(9)16)18-13(17-11)7-1-3-8(15)4-2-7/h1-6H,15-16H2. The number of rotatable bonds is 1. The van der Waals surface area contributed by atoms with Crippen LogP contribution >= 0.6 is 22.9 Å². The highest BCUT2D eigenvalue weighted by Gasteiger charge is 2.08. The van der Waals surface area contributed by atoms with Crippen molar-refractivity contribution < 1.29 is 0 Å². The van der Waals surface area contributed by atoms with Crippen molar-refractivity contribution in [2.24, 2.45) is 0 Å². The molecule has 0 saturated carbocycles. The molecule has 0 aliphatic rings. The number of hydrogen-bond acceptors (Lipinski definition) is 4. The van der Waals surface area contributed by atoms with Crippen LogP contribution in [0.25, 0.3) is 20.8 Å². The molecule has 4 N–H and O–H groups in total. The molecular weight excluding hydrogens is 266 g/mol. The van der Waals surface area contributed by atoms with Gasteiger partial charge in [0.05, 0.1) is 20.9 Å². The number of thiazole rings is 1. The van der Waals surface area contributed by atoms with Gasteiger partial charge in [0.1, 0.15) is 5.01 Å². The minimum atomic E-state index is 0.539. The van der Waals surface area contributed by atoms with Crippen LogP contribution in [0.15, 0.2) is 36.4 Å². The van der Waals surface area contributed by atoms with Crippen molar-refractivity contribution in [3.63, 3.8) is 0 Å². The van der Waals surface area contributed by atoms with Crippen molar-refractivity contribution in [3.05, 3.63) is 41.4 Å². The molecule has 5 heteroatoms. The molecule has 90 valence electrons. The predicted octanol–water partition coefficient (Wildman–Crippen LogP) is 3.78. The van der Waals surface area contributed by atoms with Crippen molar-refractivity contribution in [2.45, 2.75) is 0 Å². The molecule has 0 saturated heterocycles. The minimum Gasteiger partial charge on any atom is -0.399 e. The van der Waals surface area contributed by atoms with Crippen LogP contribution in [0.5, 0.6) is 0 Å². The fourth-order valence-electron chi connectivity index (χ4n) is 1.71. The zero-order valence-corrected chi connectivity index (χ0v) is 10.9. The van der Waals surface area contributed by atoms with Crippen LogP contribution in [0.4, 0.5) is 11.4 Å². The molecule has 0 bridgehead atoms. The Morgan fingerprint density at radius 1 is 1.06 bits per heavy atom. The third kappa shape index (κ3) is 1.89. The zero-order valence-electron chi connectivity index (χ0n) is 9.35. The van der Waals surface area contributed by atoms with Crippen molar-refractivity contribution in [1.82, 2.24) is 4.98 Å². The maximum atomic E-state index is 5.99. The molecule has 1 heterocycles. The highest BCUT2D eigenvalue weighted by atomic mass is 35.5. The maximum Gasteiger partial charge on any atom is 0.124 e. The molecule has 0 radical (unpaired) electrons. The summed E-state index contributed by atoms with van der Waals surface area (Å²) in [6, 6.07) is 11.3. The lowest BCUT2D eigenvalue weighted by molar-refractivity contribution is 1.48. The first-order chi connectivity index (χ1) is 8.63. The van der Waals surface area contributed by atoms with Crippen LogP contribution in [0.3, 0.4) is 0 Å². The lowest BCUT2D eigenvalue weighted by Crippen LogP contribution is -1.84. The predicted molar refractivity (Wildman–Crippen MR) is 78.9 cm³/mol. The van der Waals surface area contributed by atoms with E-state index in [0.717, 1.165) is 26.5 Å². The molecule has 3 nitrogen and oxygen atoms in total. The van der Waals surface area contributed by atoms with Crippen LogP contribution in [-0.4, -0.2) is 4.98 Å². The van der Waals surface area contributed by atoms with E-state index in [4.69, 9.17) is 23.1 Å². The normalized spacial score (nSPS) is 10.9. The van der Waals surface area contributed by atoms with E-state index < -0.39 is 0 Å². The van der Waals surface area contributed by atoms with Gasteiger partial charge in [0.15, 0.2) is 0 Å². The lowest BCUT2D eigenvalue weighted by Gasteiger charge is -1.95. The Morgan fingerprint density at radius 2 is 1.78 bits per heavy atom. The summed E-state index contributed by atoms with van der Waals surface area (Å²) in [7, 11) is 0. The number of anilines is 2. The van der Waals surface area contributed by atoms with Crippen molar-refractivity contribution in [3.8, 4) is 10.6 Å². The third-order valence-corrected chi connectivity index (χ3v) is 4.06. The molecule has 3 rings (SSSR count). The van der Waals surface area contributed by atoms with E-state index in [2.05, 4.69) is 4.98 Å². The molecule has 2 aromatic carbocycles. The van der Waals surface area contributed by atoms with Gasteiger partial charge in [-0.05, 0) is 36.4 Å². The third-order valence-electron chi connectivity index (χ3n) is 2.66.